The predicted molar refractivity (Wildman–Crippen MR) is 74.7 cm³/mol. The molecular formula is C13H13N5O2. The quantitative estimate of drug-likeness (QED) is 0.677. The number of aryl methyl sites for hydroxylation is 1. The Bertz CT molecular complexity index is 850. The van der Waals surface area contributed by atoms with E-state index in [9.17, 15) is 4.79 Å². The Morgan fingerprint density at radius 3 is 2.85 bits per heavy atom. The average molecular weight is 271 g/mol. The van der Waals surface area contributed by atoms with E-state index in [1.54, 1.807) is 32.2 Å². The number of nitrogen functional groups attached to an aromatic ring is 1. The molecule has 0 spiro atoms. The minimum atomic E-state index is -0.208. The molecule has 20 heavy (non-hydrogen) atoms. The maximum atomic E-state index is 11.9. The van der Waals surface area contributed by atoms with Gasteiger partial charge >= 0.3 is 0 Å². The summed E-state index contributed by atoms with van der Waals surface area (Å²) < 4.78 is 6.57. The van der Waals surface area contributed by atoms with Crippen molar-refractivity contribution in [2.45, 2.75) is 6.92 Å². The zero-order valence-corrected chi connectivity index (χ0v) is 11.0. The Labute approximate surface area is 114 Å². The van der Waals surface area contributed by atoms with E-state index in [0.29, 0.717) is 34.3 Å². The van der Waals surface area contributed by atoms with Crippen molar-refractivity contribution < 1.29 is 4.74 Å². The number of H-pyrrole nitrogens is 1. The lowest BCUT2D eigenvalue weighted by Crippen LogP contribution is -2.14. The van der Waals surface area contributed by atoms with Gasteiger partial charge in [-0.1, -0.05) is 0 Å². The monoisotopic (exact) mass is 271 g/mol. The molecule has 0 aliphatic heterocycles. The van der Waals surface area contributed by atoms with Crippen molar-refractivity contribution in [3.63, 3.8) is 0 Å². The molecule has 0 bridgehead atoms. The van der Waals surface area contributed by atoms with Gasteiger partial charge in [0, 0.05) is 23.5 Å². The van der Waals surface area contributed by atoms with Crippen molar-refractivity contribution in [3.05, 3.63) is 40.3 Å². The molecule has 102 valence electrons. The van der Waals surface area contributed by atoms with E-state index in [-0.39, 0.29) is 5.56 Å². The Morgan fingerprint density at radius 2 is 2.10 bits per heavy atom. The summed E-state index contributed by atoms with van der Waals surface area (Å²) in [5.41, 5.74) is 7.44. The summed E-state index contributed by atoms with van der Waals surface area (Å²) in [4.78, 5) is 20.4. The second kappa shape index (κ2) is 4.37. The van der Waals surface area contributed by atoms with Crippen molar-refractivity contribution >= 4 is 11.5 Å². The molecule has 3 rings (SSSR count). The second-order valence-corrected chi connectivity index (χ2v) is 4.40. The maximum Gasteiger partial charge on any atom is 0.274 e. The van der Waals surface area contributed by atoms with Crippen LogP contribution in [0.5, 0.6) is 5.75 Å². The van der Waals surface area contributed by atoms with Crippen LogP contribution in [-0.2, 0) is 0 Å². The van der Waals surface area contributed by atoms with Crippen LogP contribution < -0.4 is 16.0 Å². The molecule has 7 nitrogen and oxygen atoms in total. The van der Waals surface area contributed by atoms with Crippen LogP contribution in [-0.4, -0.2) is 26.7 Å². The van der Waals surface area contributed by atoms with Crippen molar-refractivity contribution in [3.8, 4) is 17.1 Å². The van der Waals surface area contributed by atoms with Crippen molar-refractivity contribution in [1.29, 1.82) is 0 Å². The molecule has 0 atom stereocenters. The number of methoxy groups -OCH3 is 1. The second-order valence-electron chi connectivity index (χ2n) is 4.40. The number of hydrogen-bond acceptors (Lipinski definition) is 5. The highest BCUT2D eigenvalue weighted by Gasteiger charge is 2.12. The van der Waals surface area contributed by atoms with Crippen LogP contribution in [0.3, 0.4) is 0 Å². The predicted octanol–water partition coefficient (Wildman–Crippen LogP) is 0.984. The molecule has 0 unspecified atom stereocenters. The standard InChI is InChI=1S/C13H13N5O2/c1-7-5-11(19)18-13(15-7)16-12(17-18)9-4-3-8(14)6-10(9)20-2/h3-6H,14H2,1-2H3,(H,15,16,17). The van der Waals surface area contributed by atoms with E-state index in [0.717, 1.165) is 0 Å². The van der Waals surface area contributed by atoms with E-state index in [1.807, 2.05) is 0 Å². The molecule has 0 amide bonds. The van der Waals surface area contributed by atoms with Crippen LogP contribution in [0.4, 0.5) is 5.69 Å². The number of nitrogens with zero attached hydrogens (tertiary/aromatic N) is 3. The van der Waals surface area contributed by atoms with Gasteiger partial charge in [0.15, 0.2) is 5.82 Å². The number of ether oxygens (including phenoxy) is 1. The van der Waals surface area contributed by atoms with Crippen LogP contribution in [0.2, 0.25) is 0 Å². The number of anilines is 1. The van der Waals surface area contributed by atoms with E-state index >= 15 is 0 Å². The third-order valence-electron chi connectivity index (χ3n) is 2.94. The fourth-order valence-electron chi connectivity index (χ4n) is 2.02. The van der Waals surface area contributed by atoms with Gasteiger partial charge in [0.05, 0.1) is 12.7 Å². The van der Waals surface area contributed by atoms with Crippen molar-refractivity contribution in [2.24, 2.45) is 0 Å². The highest BCUT2D eigenvalue weighted by molar-refractivity contribution is 5.68. The number of aromatic nitrogens is 4. The minimum absolute atomic E-state index is 0.208. The summed E-state index contributed by atoms with van der Waals surface area (Å²) in [5, 5.41) is 2.91. The van der Waals surface area contributed by atoms with E-state index in [2.05, 4.69) is 15.1 Å². The lowest BCUT2D eigenvalue weighted by atomic mass is 10.1. The van der Waals surface area contributed by atoms with Gasteiger partial charge in [0.1, 0.15) is 5.75 Å². The normalized spacial score (nSPS) is 10.9. The number of nitrogens with one attached hydrogen (secondary N) is 1. The summed E-state index contributed by atoms with van der Waals surface area (Å²) in [6, 6.07) is 6.66. The van der Waals surface area contributed by atoms with Gasteiger partial charge in [-0.15, -0.1) is 0 Å². The molecule has 2 aromatic heterocycles. The minimum Gasteiger partial charge on any atom is -0.496 e. The SMILES string of the molecule is COc1cc(N)ccc1-c1nc2nc(C)cc(=O)n2[nH]1. The molecule has 0 aliphatic carbocycles. The maximum absolute atomic E-state index is 11.9. The summed E-state index contributed by atoms with van der Waals surface area (Å²) >= 11 is 0. The molecule has 0 saturated carbocycles. The molecule has 2 heterocycles. The van der Waals surface area contributed by atoms with Crippen LogP contribution in [0.15, 0.2) is 29.1 Å². The van der Waals surface area contributed by atoms with Crippen molar-refractivity contribution in [2.75, 3.05) is 12.8 Å². The molecule has 7 heteroatoms. The highest BCUT2D eigenvalue weighted by atomic mass is 16.5. The van der Waals surface area contributed by atoms with Crippen LogP contribution in [0.25, 0.3) is 17.2 Å². The number of nitrogens with two attached hydrogens (primary N) is 1. The van der Waals surface area contributed by atoms with Gasteiger partial charge in [0.2, 0.25) is 0 Å². The Morgan fingerprint density at radius 1 is 1.30 bits per heavy atom. The van der Waals surface area contributed by atoms with Gasteiger partial charge < -0.3 is 10.5 Å². The molecule has 0 saturated heterocycles. The molecule has 3 N–H and O–H groups in total. The number of aromatic amines is 1. The first-order chi connectivity index (χ1) is 9.58. The molecule has 0 fully saturated rings. The van der Waals surface area contributed by atoms with Gasteiger partial charge in [-0.25, -0.2) is 4.98 Å². The molecule has 1 aromatic carbocycles. The topological polar surface area (TPSA) is 98.3 Å². The fraction of sp³-hybridized carbons (Fsp3) is 0.154. The number of hydrogen-bond donors (Lipinski definition) is 2. The summed E-state index contributed by atoms with van der Waals surface area (Å²) in [7, 11) is 1.55. The Kier molecular flexibility index (Phi) is 2.67. The molecule has 0 aliphatic rings. The first kappa shape index (κ1) is 12.2. The number of benzene rings is 1. The number of fused-ring (bicyclic) bond motifs is 1. The first-order valence-corrected chi connectivity index (χ1v) is 5.99. The first-order valence-electron chi connectivity index (χ1n) is 5.99. The zero-order valence-electron chi connectivity index (χ0n) is 11.0. The summed E-state index contributed by atoms with van der Waals surface area (Å²) in [6.07, 6.45) is 0. The largest absolute Gasteiger partial charge is 0.496 e. The van der Waals surface area contributed by atoms with Crippen LogP contribution >= 0.6 is 0 Å². The zero-order chi connectivity index (χ0) is 14.3. The smallest absolute Gasteiger partial charge is 0.274 e. The third-order valence-corrected chi connectivity index (χ3v) is 2.94. The lowest BCUT2D eigenvalue weighted by Gasteiger charge is -2.06. The van der Waals surface area contributed by atoms with Crippen LogP contribution in [0, 0.1) is 6.92 Å². The van der Waals surface area contributed by atoms with Gasteiger partial charge in [-0.2, -0.15) is 9.50 Å². The summed E-state index contributed by atoms with van der Waals surface area (Å²) in [5.74, 6) is 1.40. The highest BCUT2D eigenvalue weighted by Crippen LogP contribution is 2.29. The fourth-order valence-corrected chi connectivity index (χ4v) is 2.02. The van der Waals surface area contributed by atoms with E-state index in [1.165, 1.54) is 10.6 Å². The molecule has 0 radical (unpaired) electrons. The Hall–Kier alpha value is -2.83. The van der Waals surface area contributed by atoms with E-state index in [4.69, 9.17) is 10.5 Å². The van der Waals surface area contributed by atoms with Gasteiger partial charge in [-0.3, -0.25) is 9.89 Å². The van der Waals surface area contributed by atoms with Gasteiger partial charge in [-0.05, 0) is 19.1 Å². The van der Waals surface area contributed by atoms with E-state index < -0.39 is 0 Å². The number of rotatable bonds is 2. The average Bonchev–Trinajstić information content (AvgIpc) is 2.82. The summed E-state index contributed by atoms with van der Waals surface area (Å²) in [6.45, 7) is 1.75. The van der Waals surface area contributed by atoms with Crippen molar-refractivity contribution in [1.82, 2.24) is 19.6 Å². The van der Waals surface area contributed by atoms with Gasteiger partial charge in [0.25, 0.3) is 11.3 Å². The van der Waals surface area contributed by atoms with Crippen LogP contribution in [0.1, 0.15) is 5.69 Å². The Balaban J connectivity index is 2.25. The lowest BCUT2D eigenvalue weighted by molar-refractivity contribution is 0.416. The molecule has 3 aromatic rings. The third kappa shape index (κ3) is 1.89. The molecular weight excluding hydrogens is 258 g/mol.